The van der Waals surface area contributed by atoms with Gasteiger partial charge in [-0.2, -0.15) is 5.10 Å². The fourth-order valence-electron chi connectivity index (χ4n) is 3.46. The number of hydrogen-bond donors (Lipinski definition) is 1. The van der Waals surface area contributed by atoms with Crippen LogP contribution >= 0.6 is 11.6 Å². The third-order valence-corrected chi connectivity index (χ3v) is 5.46. The van der Waals surface area contributed by atoms with Crippen LogP contribution in [0.1, 0.15) is 38.8 Å². The summed E-state index contributed by atoms with van der Waals surface area (Å²) in [5.41, 5.74) is 3.64. The molecule has 0 atom stereocenters. The molecule has 4 rings (SSSR count). The number of ether oxygens (including phenoxy) is 1. The molecule has 0 saturated heterocycles. The van der Waals surface area contributed by atoms with E-state index >= 15 is 0 Å². The van der Waals surface area contributed by atoms with Gasteiger partial charge in [0.1, 0.15) is 23.9 Å². The fraction of sp³-hybridized carbons (Fsp3) is 0.208. The van der Waals surface area contributed by atoms with Crippen molar-refractivity contribution in [1.82, 2.24) is 14.9 Å². The minimum atomic E-state index is -0.446. The van der Waals surface area contributed by atoms with E-state index in [0.29, 0.717) is 40.0 Å². The number of anilines is 1. The van der Waals surface area contributed by atoms with Crippen molar-refractivity contribution in [2.75, 3.05) is 5.32 Å². The molecule has 0 radical (unpaired) electrons. The number of aromatic nitrogens is 3. The Balaban J connectivity index is 1.51. The molecule has 4 aromatic rings. The molecular weight excluding hydrogens is 447 g/mol. The van der Waals surface area contributed by atoms with Gasteiger partial charge >= 0.3 is 0 Å². The summed E-state index contributed by atoms with van der Waals surface area (Å²) in [6, 6.07) is 13.3. The van der Waals surface area contributed by atoms with E-state index in [9.17, 15) is 9.18 Å². The van der Waals surface area contributed by atoms with Crippen molar-refractivity contribution in [2.24, 2.45) is 0 Å². The van der Waals surface area contributed by atoms with Gasteiger partial charge in [0.25, 0.3) is 5.91 Å². The Morgan fingerprint density at radius 1 is 1.18 bits per heavy atom. The van der Waals surface area contributed by atoms with Gasteiger partial charge in [0.2, 0.25) is 0 Å². The average molecular weight is 469 g/mol. The maximum atomic E-state index is 13.4. The van der Waals surface area contributed by atoms with Crippen LogP contribution in [0.2, 0.25) is 5.02 Å². The summed E-state index contributed by atoms with van der Waals surface area (Å²) in [6.45, 7) is 5.90. The van der Waals surface area contributed by atoms with Crippen LogP contribution in [0.5, 0.6) is 5.75 Å². The Morgan fingerprint density at radius 3 is 2.73 bits per heavy atom. The van der Waals surface area contributed by atoms with Crippen molar-refractivity contribution in [2.45, 2.75) is 33.9 Å². The highest BCUT2D eigenvalue weighted by Crippen LogP contribution is 2.24. The van der Waals surface area contributed by atoms with Crippen LogP contribution in [0, 0.1) is 26.6 Å². The van der Waals surface area contributed by atoms with E-state index in [1.165, 1.54) is 12.1 Å². The highest BCUT2D eigenvalue weighted by molar-refractivity contribution is 6.30. The molecule has 2 aromatic carbocycles. The normalized spacial score (nSPS) is 10.9. The lowest BCUT2D eigenvalue weighted by molar-refractivity contribution is 0.101. The number of benzene rings is 2. The van der Waals surface area contributed by atoms with Crippen molar-refractivity contribution >= 4 is 23.2 Å². The smallest absolute Gasteiger partial charge is 0.278 e. The maximum Gasteiger partial charge on any atom is 0.278 e. The molecule has 0 fully saturated rings. The molecule has 33 heavy (non-hydrogen) atoms. The maximum absolute atomic E-state index is 13.4. The third-order valence-electron chi connectivity index (χ3n) is 5.22. The summed E-state index contributed by atoms with van der Waals surface area (Å²) in [7, 11) is 0. The largest absolute Gasteiger partial charge is 0.489 e. The summed E-state index contributed by atoms with van der Waals surface area (Å²) in [5.74, 6) is -0.0657. The summed E-state index contributed by atoms with van der Waals surface area (Å²) in [4.78, 5) is 13.0. The molecule has 0 bridgehead atoms. The van der Waals surface area contributed by atoms with E-state index < -0.39 is 11.7 Å². The van der Waals surface area contributed by atoms with Crippen molar-refractivity contribution in [3.05, 3.63) is 93.3 Å². The van der Waals surface area contributed by atoms with E-state index in [1.807, 2.05) is 38.1 Å². The van der Waals surface area contributed by atoms with Gasteiger partial charge in [-0.1, -0.05) is 35.0 Å². The van der Waals surface area contributed by atoms with Crippen LogP contribution in [0.15, 0.2) is 53.1 Å². The molecule has 2 aromatic heterocycles. The zero-order valence-electron chi connectivity index (χ0n) is 18.4. The Bertz CT molecular complexity index is 1320. The highest BCUT2D eigenvalue weighted by atomic mass is 35.5. The molecule has 0 aliphatic rings. The molecule has 1 N–H and O–H groups in total. The molecule has 0 aliphatic heterocycles. The molecule has 0 saturated carbocycles. The van der Waals surface area contributed by atoms with Crippen LogP contribution in [-0.4, -0.2) is 20.8 Å². The zero-order valence-corrected chi connectivity index (χ0v) is 19.1. The number of nitrogens with one attached hydrogen (secondary N) is 1. The Kier molecular flexibility index (Phi) is 6.46. The number of aryl methyl sites for hydroxylation is 2. The summed E-state index contributed by atoms with van der Waals surface area (Å²) >= 11 is 6.08. The van der Waals surface area contributed by atoms with Crippen LogP contribution in [-0.2, 0) is 13.2 Å². The number of carbonyl (C=O) groups excluding carboxylic acids is 1. The van der Waals surface area contributed by atoms with Crippen LogP contribution in [0.25, 0.3) is 0 Å². The molecule has 9 heteroatoms. The molecule has 0 unspecified atom stereocenters. The van der Waals surface area contributed by atoms with Gasteiger partial charge in [-0.25, -0.2) is 4.39 Å². The Labute approximate surface area is 195 Å². The number of nitrogens with zero attached hydrogens (tertiary/aromatic N) is 3. The van der Waals surface area contributed by atoms with E-state index in [-0.39, 0.29) is 12.3 Å². The van der Waals surface area contributed by atoms with E-state index in [2.05, 4.69) is 15.6 Å². The number of halogens is 2. The van der Waals surface area contributed by atoms with Gasteiger partial charge in [-0.05, 0) is 50.6 Å². The summed E-state index contributed by atoms with van der Waals surface area (Å²) < 4.78 is 26.1. The predicted octanol–water partition coefficient (Wildman–Crippen LogP) is 5.47. The van der Waals surface area contributed by atoms with Crippen molar-refractivity contribution in [1.29, 1.82) is 0 Å². The van der Waals surface area contributed by atoms with E-state index in [4.69, 9.17) is 20.9 Å². The molecule has 2 heterocycles. The van der Waals surface area contributed by atoms with Crippen LogP contribution < -0.4 is 10.1 Å². The topological polar surface area (TPSA) is 82.2 Å². The number of rotatable bonds is 7. The van der Waals surface area contributed by atoms with Gasteiger partial charge in [0, 0.05) is 11.1 Å². The first-order chi connectivity index (χ1) is 15.8. The zero-order chi connectivity index (χ0) is 23.5. The minimum absolute atomic E-state index is 0.00747. The second-order valence-corrected chi connectivity index (χ2v) is 8.04. The fourth-order valence-corrected chi connectivity index (χ4v) is 3.68. The monoisotopic (exact) mass is 468 g/mol. The van der Waals surface area contributed by atoms with Gasteiger partial charge < -0.3 is 14.6 Å². The number of hydrogen-bond acceptors (Lipinski definition) is 5. The summed E-state index contributed by atoms with van der Waals surface area (Å²) in [5, 5.41) is 12.0. The van der Waals surface area contributed by atoms with Gasteiger partial charge in [0.15, 0.2) is 5.69 Å². The molecule has 0 spiro atoms. The predicted molar refractivity (Wildman–Crippen MR) is 122 cm³/mol. The van der Waals surface area contributed by atoms with Crippen LogP contribution in [0.3, 0.4) is 0 Å². The quantitative estimate of drug-likeness (QED) is 0.389. The molecule has 0 aliphatic carbocycles. The lowest BCUT2D eigenvalue weighted by atomic mass is 10.2. The third kappa shape index (κ3) is 5.06. The first-order valence-electron chi connectivity index (χ1n) is 10.2. The van der Waals surface area contributed by atoms with E-state index in [1.54, 1.807) is 23.7 Å². The SMILES string of the molecule is Cc1nn(Cc2cccc(Cl)c2)c(C)c1NC(=O)c1noc(C)c1COc1cccc(F)c1. The van der Waals surface area contributed by atoms with Gasteiger partial charge in [0.05, 0.1) is 29.2 Å². The van der Waals surface area contributed by atoms with Crippen molar-refractivity contribution in [3.8, 4) is 5.75 Å². The highest BCUT2D eigenvalue weighted by Gasteiger charge is 2.23. The Morgan fingerprint density at radius 2 is 1.97 bits per heavy atom. The molecule has 170 valence electrons. The second-order valence-electron chi connectivity index (χ2n) is 7.60. The van der Waals surface area contributed by atoms with Crippen molar-refractivity contribution < 1.29 is 18.4 Å². The number of amides is 1. The first kappa shape index (κ1) is 22.5. The van der Waals surface area contributed by atoms with Crippen LogP contribution in [0.4, 0.5) is 10.1 Å². The summed E-state index contributed by atoms with van der Waals surface area (Å²) in [6.07, 6.45) is 0. The average Bonchev–Trinajstić information content (AvgIpc) is 3.26. The minimum Gasteiger partial charge on any atom is -0.489 e. The Hall–Kier alpha value is -3.65. The first-order valence-corrected chi connectivity index (χ1v) is 10.6. The van der Waals surface area contributed by atoms with Gasteiger partial charge in [-0.15, -0.1) is 0 Å². The lowest BCUT2D eigenvalue weighted by Crippen LogP contribution is -2.16. The molecular formula is C24H22ClFN4O3. The van der Waals surface area contributed by atoms with Gasteiger partial charge in [-0.3, -0.25) is 9.48 Å². The second kappa shape index (κ2) is 9.46. The molecule has 7 nitrogen and oxygen atoms in total. The van der Waals surface area contributed by atoms with E-state index in [0.717, 1.165) is 11.3 Å². The van der Waals surface area contributed by atoms with Crippen molar-refractivity contribution in [3.63, 3.8) is 0 Å². The lowest BCUT2D eigenvalue weighted by Gasteiger charge is -2.08. The number of carbonyl (C=O) groups is 1. The molecule has 1 amide bonds. The standard InChI is InChI=1S/C24H22ClFN4O3/c1-14-22(15(2)30(28-14)12-17-6-4-7-18(25)10-17)27-24(31)23-21(16(3)33-29-23)13-32-20-9-5-8-19(26)11-20/h4-11H,12-13H2,1-3H3,(H,27,31).